The Morgan fingerprint density at radius 3 is 2.75 bits per heavy atom. The van der Waals surface area contributed by atoms with Gasteiger partial charge < -0.3 is 0 Å². The minimum absolute atomic E-state index is 0.874. The highest BCUT2D eigenvalue weighted by atomic mass is 14.2. The van der Waals surface area contributed by atoms with Crippen molar-refractivity contribution >= 4 is 0 Å². The summed E-state index contributed by atoms with van der Waals surface area (Å²) in [5, 5.41) is 0. The molecule has 0 saturated heterocycles. The summed E-state index contributed by atoms with van der Waals surface area (Å²) < 4.78 is 0. The zero-order valence-corrected chi connectivity index (χ0v) is 8.56. The van der Waals surface area contributed by atoms with E-state index in [2.05, 4.69) is 19.1 Å². The molecule has 0 bridgehead atoms. The maximum Gasteiger partial charge on any atom is -0.0127 e. The zero-order chi connectivity index (χ0) is 8.97. The largest absolute Gasteiger partial charge is 0.0802 e. The van der Waals surface area contributed by atoms with Gasteiger partial charge in [-0.25, -0.2) is 0 Å². The predicted octanol–water partition coefficient (Wildman–Crippen LogP) is 4.09. The second-order valence-electron chi connectivity index (χ2n) is 3.45. The van der Waals surface area contributed by atoms with Gasteiger partial charge in [0.2, 0.25) is 0 Å². The Bertz CT molecular complexity index is 196. The minimum Gasteiger partial charge on any atom is -0.0802 e. The lowest BCUT2D eigenvalue weighted by Crippen LogP contribution is -2.05. The summed E-state index contributed by atoms with van der Waals surface area (Å²) >= 11 is 0. The van der Waals surface area contributed by atoms with E-state index in [0.29, 0.717) is 0 Å². The van der Waals surface area contributed by atoms with Crippen LogP contribution in [0.25, 0.3) is 0 Å². The third-order valence-electron chi connectivity index (χ3n) is 2.75. The lowest BCUT2D eigenvalue weighted by molar-refractivity contribution is 0.537. The zero-order valence-electron chi connectivity index (χ0n) is 8.56. The molecule has 0 spiro atoms. The van der Waals surface area contributed by atoms with Crippen molar-refractivity contribution < 1.29 is 0 Å². The molecular formula is C12H20. The number of hydrogen-bond donors (Lipinski definition) is 0. The smallest absolute Gasteiger partial charge is 0.0127 e. The van der Waals surface area contributed by atoms with E-state index in [1.807, 2.05) is 13.8 Å². The molecule has 1 unspecified atom stereocenters. The van der Waals surface area contributed by atoms with Gasteiger partial charge in [-0.1, -0.05) is 38.5 Å². The van der Waals surface area contributed by atoms with E-state index in [9.17, 15) is 0 Å². The van der Waals surface area contributed by atoms with E-state index >= 15 is 0 Å². The van der Waals surface area contributed by atoms with Gasteiger partial charge in [-0.3, -0.25) is 0 Å². The van der Waals surface area contributed by atoms with Crippen LogP contribution in [0.4, 0.5) is 0 Å². The number of allylic oxidation sites excluding steroid dienone is 4. The van der Waals surface area contributed by atoms with Gasteiger partial charge in [0.05, 0.1) is 0 Å². The molecule has 0 aromatic carbocycles. The molecule has 68 valence electrons. The monoisotopic (exact) mass is 164 g/mol. The van der Waals surface area contributed by atoms with E-state index in [-0.39, 0.29) is 0 Å². The molecule has 2 rings (SSSR count). The Hall–Kier alpha value is -0.520. The summed E-state index contributed by atoms with van der Waals surface area (Å²) in [5.74, 6) is 0.874. The van der Waals surface area contributed by atoms with Crippen molar-refractivity contribution in [3.05, 3.63) is 23.3 Å². The van der Waals surface area contributed by atoms with Crippen LogP contribution in [0, 0.1) is 5.92 Å². The Labute approximate surface area is 76.4 Å². The molecule has 12 heavy (non-hydrogen) atoms. The standard InChI is InChI=1S/C10H14.C2H6/c1-8-4-2-5-9-6-3-7-10(8)9;1-2/h3,6,8H,2,4-5,7H2,1H3;1-2H3. The van der Waals surface area contributed by atoms with Crippen LogP contribution < -0.4 is 0 Å². The lowest BCUT2D eigenvalue weighted by Gasteiger charge is -2.20. The Morgan fingerprint density at radius 1 is 1.33 bits per heavy atom. The highest BCUT2D eigenvalue weighted by Crippen LogP contribution is 2.36. The van der Waals surface area contributed by atoms with Crippen molar-refractivity contribution in [3.63, 3.8) is 0 Å². The molecular weight excluding hydrogens is 144 g/mol. The molecule has 0 nitrogen and oxygen atoms in total. The van der Waals surface area contributed by atoms with Crippen LogP contribution in [0.15, 0.2) is 23.3 Å². The molecule has 1 atom stereocenters. The molecule has 0 aromatic heterocycles. The predicted molar refractivity (Wildman–Crippen MR) is 55.1 cm³/mol. The van der Waals surface area contributed by atoms with Crippen LogP contribution in [0.1, 0.15) is 46.5 Å². The highest BCUT2D eigenvalue weighted by Gasteiger charge is 2.19. The molecule has 0 radical (unpaired) electrons. The summed E-state index contributed by atoms with van der Waals surface area (Å²) in [6.07, 6.45) is 10.1. The normalized spacial score (nSPS) is 26.4. The average molecular weight is 164 g/mol. The highest BCUT2D eigenvalue weighted by molar-refractivity contribution is 5.36. The summed E-state index contributed by atoms with van der Waals surface area (Å²) in [5.41, 5.74) is 3.38. The first kappa shape index (κ1) is 9.57. The minimum atomic E-state index is 0.874. The van der Waals surface area contributed by atoms with E-state index in [4.69, 9.17) is 0 Å². The molecule has 0 heterocycles. The van der Waals surface area contributed by atoms with Crippen LogP contribution in [0.3, 0.4) is 0 Å². The van der Waals surface area contributed by atoms with Crippen molar-refractivity contribution in [2.75, 3.05) is 0 Å². The molecule has 0 heteroatoms. The fourth-order valence-electron chi connectivity index (χ4n) is 2.10. The van der Waals surface area contributed by atoms with Gasteiger partial charge in [-0.05, 0) is 37.2 Å². The molecule has 0 amide bonds. The first-order chi connectivity index (χ1) is 5.88. The van der Waals surface area contributed by atoms with E-state index in [1.165, 1.54) is 25.7 Å². The number of rotatable bonds is 0. The third kappa shape index (κ3) is 1.80. The van der Waals surface area contributed by atoms with Crippen LogP contribution in [-0.4, -0.2) is 0 Å². The second kappa shape index (κ2) is 4.49. The van der Waals surface area contributed by atoms with Gasteiger partial charge in [0.25, 0.3) is 0 Å². The summed E-state index contributed by atoms with van der Waals surface area (Å²) in [4.78, 5) is 0. The molecule has 0 N–H and O–H groups in total. The number of hydrogen-bond acceptors (Lipinski definition) is 0. The first-order valence-corrected chi connectivity index (χ1v) is 5.26. The SMILES string of the molecule is CC.CC1CCCC2=C1CC=C2. The van der Waals surface area contributed by atoms with Gasteiger partial charge >= 0.3 is 0 Å². The van der Waals surface area contributed by atoms with Gasteiger partial charge in [0, 0.05) is 0 Å². The van der Waals surface area contributed by atoms with Gasteiger partial charge in [-0.15, -0.1) is 0 Å². The lowest BCUT2D eigenvalue weighted by atomic mass is 9.85. The molecule has 2 aliphatic carbocycles. The molecule has 0 aliphatic heterocycles. The molecule has 0 saturated carbocycles. The second-order valence-corrected chi connectivity index (χ2v) is 3.45. The molecule has 0 aromatic rings. The van der Waals surface area contributed by atoms with Gasteiger partial charge in [0.15, 0.2) is 0 Å². The van der Waals surface area contributed by atoms with Crippen molar-refractivity contribution in [2.24, 2.45) is 5.92 Å². The first-order valence-electron chi connectivity index (χ1n) is 5.26. The Morgan fingerprint density at radius 2 is 2.08 bits per heavy atom. The van der Waals surface area contributed by atoms with Crippen LogP contribution in [-0.2, 0) is 0 Å². The van der Waals surface area contributed by atoms with E-state index < -0.39 is 0 Å². The van der Waals surface area contributed by atoms with Crippen molar-refractivity contribution in [3.8, 4) is 0 Å². The third-order valence-corrected chi connectivity index (χ3v) is 2.75. The summed E-state index contributed by atoms with van der Waals surface area (Å²) in [6, 6.07) is 0. The topological polar surface area (TPSA) is 0 Å². The maximum atomic E-state index is 2.36. The van der Waals surface area contributed by atoms with Crippen molar-refractivity contribution in [1.29, 1.82) is 0 Å². The maximum absolute atomic E-state index is 2.36. The Kier molecular flexibility index (Phi) is 3.58. The average Bonchev–Trinajstić information content (AvgIpc) is 2.57. The fourth-order valence-corrected chi connectivity index (χ4v) is 2.10. The quantitative estimate of drug-likeness (QED) is 0.506. The van der Waals surface area contributed by atoms with E-state index in [0.717, 1.165) is 5.92 Å². The fraction of sp³-hybridized carbons (Fsp3) is 0.667. The van der Waals surface area contributed by atoms with Crippen LogP contribution in [0.2, 0.25) is 0 Å². The van der Waals surface area contributed by atoms with Crippen molar-refractivity contribution in [1.82, 2.24) is 0 Å². The van der Waals surface area contributed by atoms with Gasteiger partial charge in [-0.2, -0.15) is 0 Å². The molecule has 2 aliphatic rings. The summed E-state index contributed by atoms with van der Waals surface area (Å²) in [7, 11) is 0. The summed E-state index contributed by atoms with van der Waals surface area (Å²) in [6.45, 7) is 6.36. The molecule has 0 fully saturated rings. The van der Waals surface area contributed by atoms with E-state index in [1.54, 1.807) is 11.1 Å². The van der Waals surface area contributed by atoms with Crippen LogP contribution >= 0.6 is 0 Å². The van der Waals surface area contributed by atoms with Crippen molar-refractivity contribution in [2.45, 2.75) is 46.5 Å². The Balaban J connectivity index is 0.000000336. The van der Waals surface area contributed by atoms with Crippen LogP contribution in [0.5, 0.6) is 0 Å². The van der Waals surface area contributed by atoms with Gasteiger partial charge in [0.1, 0.15) is 0 Å².